The fourth-order valence-corrected chi connectivity index (χ4v) is 1.97. The molecule has 0 saturated carbocycles. The summed E-state index contributed by atoms with van der Waals surface area (Å²) in [6.07, 6.45) is 2.29. The van der Waals surface area contributed by atoms with Crippen LogP contribution in [0.4, 0.5) is 0 Å². The summed E-state index contributed by atoms with van der Waals surface area (Å²) in [5.74, 6) is -1.12. The van der Waals surface area contributed by atoms with Crippen LogP contribution in [0.2, 0.25) is 0 Å². The minimum atomic E-state index is -4.40. The van der Waals surface area contributed by atoms with Gasteiger partial charge < -0.3 is 14.9 Å². The lowest BCUT2D eigenvalue weighted by molar-refractivity contribution is 0.0697. The summed E-state index contributed by atoms with van der Waals surface area (Å²) in [6.45, 7) is 0. The first-order chi connectivity index (χ1) is 7.39. The third-order valence-electron chi connectivity index (χ3n) is 2.04. The van der Waals surface area contributed by atoms with Crippen LogP contribution < -0.4 is 5.44 Å². The molecule has 8 heteroatoms. The molecular weight excluding hydrogens is 235 g/mol. The van der Waals surface area contributed by atoms with E-state index in [0.29, 0.717) is 0 Å². The highest BCUT2D eigenvalue weighted by Gasteiger charge is 2.22. The van der Waals surface area contributed by atoms with Gasteiger partial charge in [-0.15, -0.1) is 0 Å². The second-order valence-corrected chi connectivity index (χ2v) is 4.66. The van der Waals surface area contributed by atoms with Crippen molar-refractivity contribution in [2.75, 3.05) is 0 Å². The average molecular weight is 242 g/mol. The van der Waals surface area contributed by atoms with E-state index >= 15 is 0 Å². The molecule has 0 aliphatic carbocycles. The molecule has 0 amide bonds. The number of aromatic carboxylic acids is 1. The van der Waals surface area contributed by atoms with E-state index < -0.39 is 13.6 Å². The first kappa shape index (κ1) is 10.8. The maximum absolute atomic E-state index is 11.0. The van der Waals surface area contributed by atoms with Gasteiger partial charge in [0.2, 0.25) is 0 Å². The number of aromatic nitrogens is 2. The predicted molar refractivity (Wildman–Crippen MR) is 53.8 cm³/mol. The Morgan fingerprint density at radius 2 is 2.12 bits per heavy atom. The van der Waals surface area contributed by atoms with Crippen LogP contribution in [0.3, 0.4) is 0 Å². The van der Waals surface area contributed by atoms with Crippen LogP contribution in [0, 0.1) is 0 Å². The van der Waals surface area contributed by atoms with Gasteiger partial charge in [-0.3, -0.25) is 8.97 Å². The van der Waals surface area contributed by atoms with Crippen LogP contribution in [0.25, 0.3) is 5.65 Å². The van der Waals surface area contributed by atoms with Crippen LogP contribution >= 0.6 is 7.60 Å². The Morgan fingerprint density at radius 1 is 1.44 bits per heavy atom. The molecule has 2 aromatic rings. The Hall–Kier alpha value is -1.69. The summed E-state index contributed by atoms with van der Waals surface area (Å²) in [7, 11) is -4.40. The molecule has 2 rings (SSSR count). The molecule has 0 unspecified atom stereocenters. The number of carbonyl (C=O) groups is 1. The predicted octanol–water partition coefficient (Wildman–Crippen LogP) is -0.165. The molecule has 0 aliphatic rings. The number of rotatable bonds is 2. The van der Waals surface area contributed by atoms with Crippen molar-refractivity contribution in [1.29, 1.82) is 0 Å². The number of hydrogen-bond acceptors (Lipinski definition) is 3. The number of carboxylic acids is 1. The first-order valence-corrected chi connectivity index (χ1v) is 5.77. The number of hydrogen-bond donors (Lipinski definition) is 3. The minimum absolute atomic E-state index is 0.00959. The summed E-state index contributed by atoms with van der Waals surface area (Å²) >= 11 is 0. The molecule has 0 saturated heterocycles. The molecule has 2 aromatic heterocycles. The van der Waals surface area contributed by atoms with Crippen molar-refractivity contribution in [1.82, 2.24) is 9.38 Å². The molecule has 0 atom stereocenters. The molecular formula is C8H7N2O5P. The fraction of sp³-hybridized carbons (Fsp3) is 0. The molecule has 0 spiro atoms. The molecule has 0 radical (unpaired) electrons. The molecule has 0 bridgehead atoms. The second-order valence-electron chi connectivity index (χ2n) is 3.11. The third kappa shape index (κ3) is 1.71. The van der Waals surface area contributed by atoms with Crippen LogP contribution in [0.1, 0.15) is 10.4 Å². The van der Waals surface area contributed by atoms with Crippen molar-refractivity contribution >= 4 is 24.6 Å². The zero-order valence-corrected chi connectivity index (χ0v) is 8.70. The van der Waals surface area contributed by atoms with Crippen molar-refractivity contribution in [3.63, 3.8) is 0 Å². The molecule has 7 nitrogen and oxygen atoms in total. The van der Waals surface area contributed by atoms with Crippen LogP contribution in [-0.2, 0) is 4.57 Å². The first-order valence-electron chi connectivity index (χ1n) is 4.16. The van der Waals surface area contributed by atoms with Crippen LogP contribution in [0.15, 0.2) is 24.5 Å². The summed E-state index contributed by atoms with van der Waals surface area (Å²) in [4.78, 5) is 32.4. The quantitative estimate of drug-likeness (QED) is 0.630. The van der Waals surface area contributed by atoms with E-state index in [0.717, 1.165) is 10.6 Å². The monoisotopic (exact) mass is 242 g/mol. The molecule has 16 heavy (non-hydrogen) atoms. The van der Waals surface area contributed by atoms with Gasteiger partial charge in [0.15, 0.2) is 5.44 Å². The SMILES string of the molecule is O=C(O)c1ccn2c(P(=O)(O)O)cnc2c1. The van der Waals surface area contributed by atoms with E-state index in [1.807, 2.05) is 0 Å². The van der Waals surface area contributed by atoms with E-state index in [1.165, 1.54) is 18.3 Å². The van der Waals surface area contributed by atoms with Gasteiger partial charge in [0.1, 0.15) is 5.65 Å². The minimum Gasteiger partial charge on any atom is -0.478 e. The molecule has 2 heterocycles. The van der Waals surface area contributed by atoms with Crippen LogP contribution in [0.5, 0.6) is 0 Å². The highest BCUT2D eigenvalue weighted by molar-refractivity contribution is 7.60. The van der Waals surface area contributed by atoms with Crippen molar-refractivity contribution < 1.29 is 24.3 Å². The largest absolute Gasteiger partial charge is 0.478 e. The summed E-state index contributed by atoms with van der Waals surface area (Å²) in [6, 6.07) is 2.48. The maximum Gasteiger partial charge on any atom is 0.374 e. The highest BCUT2D eigenvalue weighted by Crippen LogP contribution is 2.33. The second kappa shape index (κ2) is 3.41. The van der Waals surface area contributed by atoms with Gasteiger partial charge >= 0.3 is 13.6 Å². The Bertz CT molecular complexity index is 614. The lowest BCUT2D eigenvalue weighted by Gasteiger charge is -2.03. The fourth-order valence-electron chi connectivity index (χ4n) is 1.32. The zero-order valence-electron chi connectivity index (χ0n) is 7.81. The van der Waals surface area contributed by atoms with Gasteiger partial charge in [-0.25, -0.2) is 9.78 Å². The Kier molecular flexibility index (Phi) is 2.31. The number of fused-ring (bicyclic) bond motifs is 1. The van der Waals surface area contributed by atoms with Crippen LogP contribution in [-0.4, -0.2) is 30.2 Å². The molecule has 0 fully saturated rings. The maximum atomic E-state index is 11.0. The van der Waals surface area contributed by atoms with Gasteiger partial charge in [0.05, 0.1) is 11.8 Å². The van der Waals surface area contributed by atoms with Gasteiger partial charge in [0.25, 0.3) is 0 Å². The van der Waals surface area contributed by atoms with E-state index in [2.05, 4.69) is 4.98 Å². The molecule has 0 aromatic carbocycles. The normalized spacial score (nSPS) is 11.9. The lowest BCUT2D eigenvalue weighted by Crippen LogP contribution is -2.10. The van der Waals surface area contributed by atoms with Gasteiger partial charge in [-0.2, -0.15) is 0 Å². The van der Waals surface area contributed by atoms with E-state index in [9.17, 15) is 9.36 Å². The van der Waals surface area contributed by atoms with E-state index in [4.69, 9.17) is 14.9 Å². The van der Waals surface area contributed by atoms with E-state index in [-0.39, 0.29) is 16.6 Å². The summed E-state index contributed by atoms with van der Waals surface area (Å²) in [5.41, 5.74) is -0.0759. The standard InChI is InChI=1S/C8H7N2O5P/c11-8(12)5-1-2-10-6(3-5)9-4-7(10)16(13,14)15/h1-4H,(H,11,12)(H2,13,14,15). The Labute approximate surface area is 89.1 Å². The summed E-state index contributed by atoms with van der Waals surface area (Å²) < 4.78 is 12.2. The number of imidazole rings is 1. The van der Waals surface area contributed by atoms with Gasteiger partial charge in [-0.05, 0) is 12.1 Å². The number of pyridine rings is 1. The average Bonchev–Trinajstić information content (AvgIpc) is 2.58. The molecule has 84 valence electrons. The number of nitrogens with zero attached hydrogens (tertiary/aromatic N) is 2. The zero-order chi connectivity index (χ0) is 11.9. The van der Waals surface area contributed by atoms with Gasteiger partial charge in [-0.1, -0.05) is 0 Å². The lowest BCUT2D eigenvalue weighted by atomic mass is 10.3. The number of carboxylic acid groups (broad SMARTS) is 1. The third-order valence-corrected chi connectivity index (χ3v) is 2.97. The van der Waals surface area contributed by atoms with Crippen molar-refractivity contribution in [3.05, 3.63) is 30.1 Å². The van der Waals surface area contributed by atoms with Crippen molar-refractivity contribution in [3.8, 4) is 0 Å². The Balaban J connectivity index is 2.68. The van der Waals surface area contributed by atoms with Gasteiger partial charge in [0, 0.05) is 6.20 Å². The smallest absolute Gasteiger partial charge is 0.374 e. The van der Waals surface area contributed by atoms with E-state index in [1.54, 1.807) is 0 Å². The topological polar surface area (TPSA) is 112 Å². The summed E-state index contributed by atoms with van der Waals surface area (Å²) in [5, 5.41) is 8.72. The molecule has 0 aliphatic heterocycles. The highest BCUT2D eigenvalue weighted by atomic mass is 31.2. The van der Waals surface area contributed by atoms with Crippen molar-refractivity contribution in [2.45, 2.75) is 0 Å². The van der Waals surface area contributed by atoms with Crippen molar-refractivity contribution in [2.24, 2.45) is 0 Å². The molecule has 3 N–H and O–H groups in total. The Morgan fingerprint density at radius 3 is 2.69 bits per heavy atom.